The Labute approximate surface area is 112 Å². The van der Waals surface area contributed by atoms with Crippen LogP contribution in [0.3, 0.4) is 0 Å². The quantitative estimate of drug-likeness (QED) is 0.806. The summed E-state index contributed by atoms with van der Waals surface area (Å²) in [5.74, 6) is 0.857. The summed E-state index contributed by atoms with van der Waals surface area (Å²) in [7, 11) is 0. The van der Waals surface area contributed by atoms with Gasteiger partial charge in [-0.15, -0.1) is 11.8 Å². The Morgan fingerprint density at radius 3 is 3.17 bits per heavy atom. The second-order valence-corrected chi connectivity index (χ2v) is 5.90. The minimum Gasteiger partial charge on any atom is -0.393 e. The molecule has 2 atom stereocenters. The third-order valence-corrected chi connectivity index (χ3v) is 4.37. The van der Waals surface area contributed by atoms with Gasteiger partial charge in [0.25, 0.3) is 0 Å². The number of aliphatic hydroxyl groups is 1. The van der Waals surface area contributed by atoms with E-state index in [4.69, 9.17) is 0 Å². The summed E-state index contributed by atoms with van der Waals surface area (Å²) >= 11 is 1.61. The molecular formula is C14H20FNOS. The molecule has 0 aromatic heterocycles. The van der Waals surface area contributed by atoms with E-state index in [1.165, 1.54) is 6.07 Å². The zero-order valence-electron chi connectivity index (χ0n) is 10.7. The highest BCUT2D eigenvalue weighted by atomic mass is 32.2. The van der Waals surface area contributed by atoms with Crippen molar-refractivity contribution in [2.24, 2.45) is 0 Å². The average Bonchev–Trinajstić information content (AvgIpc) is 2.35. The Bertz CT molecular complexity index is 397. The topological polar surface area (TPSA) is 32.3 Å². The SMILES string of the molecule is CC(O)CCCNC1CCSc2c(F)cccc21. The van der Waals surface area contributed by atoms with E-state index in [1.807, 2.05) is 13.0 Å². The summed E-state index contributed by atoms with van der Waals surface area (Å²) in [5.41, 5.74) is 1.09. The van der Waals surface area contributed by atoms with E-state index in [0.29, 0.717) is 0 Å². The monoisotopic (exact) mass is 269 g/mol. The molecule has 0 aliphatic carbocycles. The normalized spacial score (nSPS) is 20.5. The van der Waals surface area contributed by atoms with Gasteiger partial charge in [0.2, 0.25) is 0 Å². The summed E-state index contributed by atoms with van der Waals surface area (Å²) < 4.78 is 13.7. The van der Waals surface area contributed by atoms with Crippen LogP contribution in [0.15, 0.2) is 23.1 Å². The first-order valence-corrected chi connectivity index (χ1v) is 7.49. The maximum absolute atomic E-state index is 13.7. The highest BCUT2D eigenvalue weighted by Crippen LogP contribution is 2.37. The second kappa shape index (κ2) is 6.55. The first kappa shape index (κ1) is 13.8. The molecule has 1 aromatic carbocycles. The number of aliphatic hydroxyl groups excluding tert-OH is 1. The Hall–Kier alpha value is -0.580. The molecule has 0 spiro atoms. The Kier molecular flexibility index (Phi) is 5.03. The highest BCUT2D eigenvalue weighted by molar-refractivity contribution is 7.99. The first-order valence-electron chi connectivity index (χ1n) is 6.51. The van der Waals surface area contributed by atoms with Gasteiger partial charge in [-0.3, -0.25) is 0 Å². The maximum Gasteiger partial charge on any atom is 0.137 e. The van der Waals surface area contributed by atoms with Gasteiger partial charge in [-0.2, -0.15) is 0 Å². The van der Waals surface area contributed by atoms with Crippen LogP contribution in [0.2, 0.25) is 0 Å². The lowest BCUT2D eigenvalue weighted by atomic mass is 10.0. The number of thioether (sulfide) groups is 1. The molecule has 1 aliphatic heterocycles. The van der Waals surface area contributed by atoms with E-state index in [-0.39, 0.29) is 18.0 Å². The van der Waals surface area contributed by atoms with E-state index in [1.54, 1.807) is 17.8 Å². The van der Waals surface area contributed by atoms with Gasteiger partial charge in [-0.25, -0.2) is 4.39 Å². The van der Waals surface area contributed by atoms with E-state index in [9.17, 15) is 9.50 Å². The summed E-state index contributed by atoms with van der Waals surface area (Å²) in [5, 5.41) is 12.7. The van der Waals surface area contributed by atoms with Gasteiger partial charge < -0.3 is 10.4 Å². The van der Waals surface area contributed by atoms with Crippen molar-refractivity contribution in [2.45, 2.75) is 43.2 Å². The lowest BCUT2D eigenvalue weighted by Crippen LogP contribution is -2.26. The molecule has 0 saturated carbocycles. The molecule has 18 heavy (non-hydrogen) atoms. The third-order valence-electron chi connectivity index (χ3n) is 3.22. The van der Waals surface area contributed by atoms with Crippen molar-refractivity contribution in [3.8, 4) is 0 Å². The van der Waals surface area contributed by atoms with Gasteiger partial charge in [0.15, 0.2) is 0 Å². The number of hydrogen-bond donors (Lipinski definition) is 2. The summed E-state index contributed by atoms with van der Waals surface area (Å²) in [6, 6.07) is 5.58. The van der Waals surface area contributed by atoms with Crippen LogP contribution in [0.1, 0.15) is 37.8 Å². The molecule has 4 heteroatoms. The standard InChI is InChI=1S/C14H20FNOS/c1-10(17)4-3-8-16-13-7-9-18-14-11(13)5-2-6-12(14)15/h2,5-6,10,13,16-17H,3-4,7-9H2,1H3. The van der Waals surface area contributed by atoms with Gasteiger partial charge in [0.05, 0.1) is 6.10 Å². The predicted molar refractivity (Wildman–Crippen MR) is 73.4 cm³/mol. The fraction of sp³-hybridized carbons (Fsp3) is 0.571. The molecule has 100 valence electrons. The van der Waals surface area contributed by atoms with E-state index in [0.717, 1.165) is 42.0 Å². The van der Waals surface area contributed by atoms with E-state index < -0.39 is 0 Å². The lowest BCUT2D eigenvalue weighted by Gasteiger charge is -2.26. The average molecular weight is 269 g/mol. The minimum absolute atomic E-state index is 0.104. The minimum atomic E-state index is -0.238. The van der Waals surface area contributed by atoms with Crippen LogP contribution in [0.4, 0.5) is 4.39 Å². The van der Waals surface area contributed by atoms with Crippen LogP contribution in [0.25, 0.3) is 0 Å². The van der Waals surface area contributed by atoms with Crippen LogP contribution in [0, 0.1) is 5.82 Å². The fourth-order valence-corrected chi connectivity index (χ4v) is 3.41. The van der Waals surface area contributed by atoms with Gasteiger partial charge in [0, 0.05) is 10.9 Å². The Morgan fingerprint density at radius 1 is 1.56 bits per heavy atom. The largest absolute Gasteiger partial charge is 0.393 e. The molecule has 0 radical (unpaired) electrons. The van der Waals surface area contributed by atoms with Crippen molar-refractivity contribution < 1.29 is 9.50 Å². The third kappa shape index (κ3) is 3.46. The van der Waals surface area contributed by atoms with Crippen LogP contribution >= 0.6 is 11.8 Å². The first-order chi connectivity index (χ1) is 8.68. The molecule has 2 unspecified atom stereocenters. The number of nitrogens with one attached hydrogen (secondary N) is 1. The lowest BCUT2D eigenvalue weighted by molar-refractivity contribution is 0.181. The van der Waals surface area contributed by atoms with Crippen molar-refractivity contribution >= 4 is 11.8 Å². The molecule has 0 amide bonds. The van der Waals surface area contributed by atoms with Crippen LogP contribution in [-0.4, -0.2) is 23.5 Å². The second-order valence-electron chi connectivity index (χ2n) is 4.79. The molecular weight excluding hydrogens is 249 g/mol. The molecule has 1 heterocycles. The molecule has 2 rings (SSSR count). The molecule has 2 nitrogen and oxygen atoms in total. The van der Waals surface area contributed by atoms with Crippen LogP contribution in [0.5, 0.6) is 0 Å². The molecule has 1 aromatic rings. The summed E-state index contributed by atoms with van der Waals surface area (Å²) in [4.78, 5) is 0.803. The van der Waals surface area contributed by atoms with E-state index in [2.05, 4.69) is 5.32 Å². The van der Waals surface area contributed by atoms with Gasteiger partial charge in [0.1, 0.15) is 5.82 Å². The number of benzene rings is 1. The van der Waals surface area contributed by atoms with Crippen molar-refractivity contribution in [2.75, 3.05) is 12.3 Å². The fourth-order valence-electron chi connectivity index (χ4n) is 2.27. The van der Waals surface area contributed by atoms with Gasteiger partial charge >= 0.3 is 0 Å². The number of halogens is 1. The molecule has 0 saturated heterocycles. The summed E-state index contributed by atoms with van der Waals surface area (Å²) in [6.45, 7) is 2.68. The van der Waals surface area contributed by atoms with Crippen molar-refractivity contribution in [1.82, 2.24) is 5.32 Å². The van der Waals surface area contributed by atoms with Gasteiger partial charge in [-0.05, 0) is 50.1 Å². The zero-order valence-corrected chi connectivity index (χ0v) is 11.5. The van der Waals surface area contributed by atoms with Crippen molar-refractivity contribution in [3.63, 3.8) is 0 Å². The predicted octanol–water partition coefficient (Wildman–Crippen LogP) is 3.11. The molecule has 1 aliphatic rings. The summed E-state index contributed by atoms with van der Waals surface area (Å²) in [6.07, 6.45) is 2.56. The van der Waals surface area contributed by atoms with Crippen LogP contribution in [-0.2, 0) is 0 Å². The van der Waals surface area contributed by atoms with Gasteiger partial charge in [-0.1, -0.05) is 12.1 Å². The number of hydrogen-bond acceptors (Lipinski definition) is 3. The number of fused-ring (bicyclic) bond motifs is 1. The van der Waals surface area contributed by atoms with Crippen LogP contribution < -0.4 is 5.32 Å². The van der Waals surface area contributed by atoms with Crippen molar-refractivity contribution in [1.29, 1.82) is 0 Å². The molecule has 0 bridgehead atoms. The zero-order chi connectivity index (χ0) is 13.0. The molecule has 2 N–H and O–H groups in total. The smallest absolute Gasteiger partial charge is 0.137 e. The highest BCUT2D eigenvalue weighted by Gasteiger charge is 2.22. The number of rotatable bonds is 5. The Morgan fingerprint density at radius 2 is 2.39 bits per heavy atom. The Balaban J connectivity index is 1.94. The maximum atomic E-state index is 13.7. The van der Waals surface area contributed by atoms with E-state index >= 15 is 0 Å². The molecule has 0 fully saturated rings. The van der Waals surface area contributed by atoms with Crippen molar-refractivity contribution in [3.05, 3.63) is 29.6 Å².